The molecular formula is C15H18N2O3S. The van der Waals surface area contributed by atoms with Crippen molar-refractivity contribution < 1.29 is 13.2 Å². The third-order valence-electron chi connectivity index (χ3n) is 5.31. The summed E-state index contributed by atoms with van der Waals surface area (Å²) in [5, 5.41) is 0. The molecule has 5 nitrogen and oxygen atoms in total. The van der Waals surface area contributed by atoms with Crippen LogP contribution in [0.15, 0.2) is 23.1 Å². The van der Waals surface area contributed by atoms with Crippen molar-refractivity contribution >= 4 is 21.6 Å². The van der Waals surface area contributed by atoms with Crippen molar-refractivity contribution in [2.75, 3.05) is 12.3 Å². The SMILES string of the molecule is Nc1ccc2c(c1)C(=O)N(CC1CC3CCC1C3)S2(=O)=O. The van der Waals surface area contributed by atoms with Gasteiger partial charge in [-0.2, -0.15) is 0 Å². The van der Waals surface area contributed by atoms with Gasteiger partial charge in [-0.3, -0.25) is 4.79 Å². The second-order valence-electron chi connectivity index (χ2n) is 6.53. The molecule has 3 aliphatic rings. The van der Waals surface area contributed by atoms with Gasteiger partial charge in [0.1, 0.15) is 4.90 Å². The van der Waals surface area contributed by atoms with Crippen molar-refractivity contribution in [1.82, 2.24) is 4.31 Å². The van der Waals surface area contributed by atoms with Gasteiger partial charge in [-0.25, -0.2) is 12.7 Å². The lowest BCUT2D eigenvalue weighted by Crippen LogP contribution is -2.36. The Morgan fingerprint density at radius 3 is 2.71 bits per heavy atom. The van der Waals surface area contributed by atoms with E-state index in [0.717, 1.165) is 16.6 Å². The van der Waals surface area contributed by atoms with E-state index < -0.39 is 15.9 Å². The van der Waals surface area contributed by atoms with E-state index in [2.05, 4.69) is 0 Å². The summed E-state index contributed by atoms with van der Waals surface area (Å²) in [6.45, 7) is 0.330. The highest BCUT2D eigenvalue weighted by Crippen LogP contribution is 2.49. The van der Waals surface area contributed by atoms with Crippen LogP contribution in [0.5, 0.6) is 0 Å². The quantitative estimate of drug-likeness (QED) is 0.846. The molecule has 3 unspecified atom stereocenters. The van der Waals surface area contributed by atoms with Gasteiger partial charge in [0.05, 0.1) is 5.56 Å². The highest BCUT2D eigenvalue weighted by molar-refractivity contribution is 7.90. The van der Waals surface area contributed by atoms with Crippen LogP contribution >= 0.6 is 0 Å². The Labute approximate surface area is 124 Å². The highest BCUT2D eigenvalue weighted by Gasteiger charge is 2.46. The molecule has 0 saturated heterocycles. The Balaban J connectivity index is 1.67. The Bertz CT molecular complexity index is 728. The first-order valence-electron chi connectivity index (χ1n) is 7.43. The number of sulfonamides is 1. The molecule has 3 atom stereocenters. The van der Waals surface area contributed by atoms with Gasteiger partial charge in [0.15, 0.2) is 0 Å². The van der Waals surface area contributed by atoms with E-state index in [1.54, 1.807) is 0 Å². The van der Waals surface area contributed by atoms with E-state index >= 15 is 0 Å². The fraction of sp³-hybridized carbons (Fsp3) is 0.533. The summed E-state index contributed by atoms with van der Waals surface area (Å²) in [5.41, 5.74) is 6.31. The molecule has 6 heteroatoms. The lowest BCUT2D eigenvalue weighted by Gasteiger charge is -2.26. The Hall–Kier alpha value is -1.56. The molecule has 21 heavy (non-hydrogen) atoms. The zero-order valence-corrected chi connectivity index (χ0v) is 12.5. The minimum atomic E-state index is -3.69. The first-order valence-corrected chi connectivity index (χ1v) is 8.87. The van der Waals surface area contributed by atoms with E-state index in [-0.39, 0.29) is 10.5 Å². The number of benzene rings is 1. The number of nitrogens with two attached hydrogens (primary N) is 1. The summed E-state index contributed by atoms with van der Waals surface area (Å²) in [6, 6.07) is 4.44. The molecule has 0 spiro atoms. The smallest absolute Gasteiger partial charge is 0.269 e. The summed E-state index contributed by atoms with van der Waals surface area (Å²) in [7, 11) is -3.69. The zero-order chi connectivity index (χ0) is 14.8. The van der Waals surface area contributed by atoms with Gasteiger partial charge in [-0.05, 0) is 55.2 Å². The van der Waals surface area contributed by atoms with Gasteiger partial charge < -0.3 is 5.73 Å². The predicted molar refractivity (Wildman–Crippen MR) is 78.0 cm³/mol. The van der Waals surface area contributed by atoms with Crippen LogP contribution < -0.4 is 5.73 Å². The highest BCUT2D eigenvalue weighted by atomic mass is 32.2. The third-order valence-corrected chi connectivity index (χ3v) is 7.12. The number of carbonyl (C=O) groups excluding carboxylic acids is 1. The monoisotopic (exact) mass is 306 g/mol. The molecule has 2 N–H and O–H groups in total. The van der Waals surface area contributed by atoms with Crippen LogP contribution in [0.25, 0.3) is 0 Å². The van der Waals surface area contributed by atoms with Crippen molar-refractivity contribution in [2.45, 2.75) is 30.6 Å². The van der Waals surface area contributed by atoms with Crippen LogP contribution in [-0.2, 0) is 10.0 Å². The largest absolute Gasteiger partial charge is 0.399 e. The van der Waals surface area contributed by atoms with Gasteiger partial charge >= 0.3 is 0 Å². The average Bonchev–Trinajstić information content (AvgIpc) is 3.09. The van der Waals surface area contributed by atoms with Gasteiger partial charge in [0.2, 0.25) is 0 Å². The molecule has 1 aromatic carbocycles. The lowest BCUT2D eigenvalue weighted by atomic mass is 9.89. The van der Waals surface area contributed by atoms with Gasteiger partial charge in [-0.1, -0.05) is 6.42 Å². The van der Waals surface area contributed by atoms with Crippen molar-refractivity contribution in [1.29, 1.82) is 0 Å². The topological polar surface area (TPSA) is 80.5 Å². The molecule has 2 bridgehead atoms. The number of carbonyl (C=O) groups is 1. The lowest BCUT2D eigenvalue weighted by molar-refractivity contribution is 0.0845. The number of hydrogen-bond acceptors (Lipinski definition) is 4. The van der Waals surface area contributed by atoms with E-state index in [9.17, 15) is 13.2 Å². The molecule has 4 rings (SSSR count). The standard InChI is InChI=1S/C15H18N2O3S/c16-12-3-4-14-13(7-12)15(18)17(21(14,19)20)8-11-6-9-1-2-10(11)5-9/h3-4,7,9-11H,1-2,5-6,8,16H2. The summed E-state index contributed by atoms with van der Waals surface area (Å²) in [6.07, 6.45) is 4.70. The molecule has 1 aliphatic heterocycles. The number of nitrogens with zero attached hydrogens (tertiary/aromatic N) is 1. The van der Waals surface area contributed by atoms with Crippen LogP contribution in [0.2, 0.25) is 0 Å². The predicted octanol–water partition coefficient (Wildman–Crippen LogP) is 1.85. The Morgan fingerprint density at radius 2 is 2.05 bits per heavy atom. The second kappa shape index (κ2) is 4.22. The van der Waals surface area contributed by atoms with Crippen LogP contribution in [0.3, 0.4) is 0 Å². The number of nitrogen functional groups attached to an aromatic ring is 1. The molecule has 0 aromatic heterocycles. The van der Waals surface area contributed by atoms with Gasteiger partial charge in [0.25, 0.3) is 15.9 Å². The molecule has 1 amide bonds. The maximum atomic E-state index is 12.6. The maximum Gasteiger partial charge on any atom is 0.269 e. The van der Waals surface area contributed by atoms with Crippen LogP contribution in [0.4, 0.5) is 5.69 Å². The molecular weight excluding hydrogens is 288 g/mol. The molecule has 2 fully saturated rings. The number of hydrogen-bond donors (Lipinski definition) is 1. The van der Waals surface area contributed by atoms with Crippen LogP contribution in [-0.4, -0.2) is 25.2 Å². The number of fused-ring (bicyclic) bond motifs is 3. The molecule has 1 aromatic rings. The number of anilines is 1. The fourth-order valence-corrected chi connectivity index (χ4v) is 5.90. The van der Waals surface area contributed by atoms with E-state index in [4.69, 9.17) is 5.73 Å². The van der Waals surface area contributed by atoms with Crippen molar-refractivity contribution in [3.63, 3.8) is 0 Å². The summed E-state index contributed by atoms with van der Waals surface area (Å²) >= 11 is 0. The van der Waals surface area contributed by atoms with Crippen molar-refractivity contribution in [3.05, 3.63) is 23.8 Å². The number of rotatable bonds is 2. The molecule has 2 aliphatic carbocycles. The van der Waals surface area contributed by atoms with Crippen LogP contribution in [0.1, 0.15) is 36.0 Å². The Morgan fingerprint density at radius 1 is 1.24 bits per heavy atom. The fourth-order valence-electron chi connectivity index (χ4n) is 4.30. The first-order chi connectivity index (χ1) is 9.96. The second-order valence-corrected chi connectivity index (χ2v) is 8.36. The van der Waals surface area contributed by atoms with E-state index in [0.29, 0.717) is 24.1 Å². The summed E-state index contributed by atoms with van der Waals surface area (Å²) in [4.78, 5) is 12.6. The van der Waals surface area contributed by atoms with Crippen LogP contribution in [0, 0.1) is 17.8 Å². The summed E-state index contributed by atoms with van der Waals surface area (Å²) in [5.74, 6) is 1.24. The minimum absolute atomic E-state index is 0.102. The minimum Gasteiger partial charge on any atom is -0.399 e. The molecule has 112 valence electrons. The molecule has 2 saturated carbocycles. The first kappa shape index (κ1) is 13.1. The zero-order valence-electron chi connectivity index (χ0n) is 11.7. The van der Waals surface area contributed by atoms with Gasteiger partial charge in [0, 0.05) is 12.2 Å². The third kappa shape index (κ3) is 1.81. The summed E-state index contributed by atoms with van der Waals surface area (Å²) < 4.78 is 26.2. The van der Waals surface area contributed by atoms with E-state index in [1.807, 2.05) is 0 Å². The maximum absolute atomic E-state index is 12.6. The van der Waals surface area contributed by atoms with E-state index in [1.165, 1.54) is 37.5 Å². The number of amides is 1. The Kier molecular flexibility index (Phi) is 2.64. The van der Waals surface area contributed by atoms with Crippen molar-refractivity contribution in [3.8, 4) is 0 Å². The molecule has 1 heterocycles. The average molecular weight is 306 g/mol. The van der Waals surface area contributed by atoms with Gasteiger partial charge in [-0.15, -0.1) is 0 Å². The molecule has 0 radical (unpaired) electrons. The van der Waals surface area contributed by atoms with Crippen molar-refractivity contribution in [2.24, 2.45) is 17.8 Å². The normalized spacial score (nSPS) is 32.7.